The van der Waals surface area contributed by atoms with Crippen LogP contribution in [0.5, 0.6) is 0 Å². The fourth-order valence-electron chi connectivity index (χ4n) is 5.26. The number of fused-ring (bicyclic) bond motifs is 2. The number of aromatic nitrogens is 1. The molecule has 2 bridgehead atoms. The predicted octanol–water partition coefficient (Wildman–Crippen LogP) is 3.04. The Morgan fingerprint density at radius 2 is 1.76 bits per heavy atom. The highest BCUT2D eigenvalue weighted by molar-refractivity contribution is 7.81. The Hall–Kier alpha value is -2.85. The molecule has 16 heteroatoms. The maximum atomic E-state index is 14.1. The van der Waals surface area contributed by atoms with Crippen molar-refractivity contribution in [2.75, 3.05) is 18.5 Å². The van der Waals surface area contributed by atoms with Crippen LogP contribution in [-0.2, 0) is 20.5 Å². The number of aliphatic hydroxyl groups excluding tert-OH is 1. The molecule has 4 heterocycles. The molecule has 4 rings (SSSR count). The molecule has 0 saturated carbocycles. The van der Waals surface area contributed by atoms with E-state index in [-0.39, 0.29) is 31.0 Å². The van der Waals surface area contributed by atoms with Gasteiger partial charge in [0.05, 0.1) is 41.5 Å². The summed E-state index contributed by atoms with van der Waals surface area (Å²) >= 11 is 5.38. The SMILES string of the molecule is CC(=NC(C(=O)N1C2CCC1CC2)C(=S)c1cnc(N[C@@H](C)C(F)(F)F)cc1C(F)(F)F)C(=O)N[C@@H]1COC[C@H]1O. The quantitative estimate of drug-likeness (QED) is 0.180. The number of nitrogens with one attached hydrogen (secondary N) is 2. The van der Waals surface area contributed by atoms with Crippen molar-refractivity contribution in [2.45, 2.75) is 88.2 Å². The predicted molar refractivity (Wildman–Crippen MR) is 139 cm³/mol. The van der Waals surface area contributed by atoms with Crippen LogP contribution in [0.3, 0.4) is 0 Å². The maximum Gasteiger partial charge on any atom is 0.417 e. The molecule has 0 spiro atoms. The molecular formula is C25H29F6N5O4S. The molecule has 1 aromatic rings. The van der Waals surface area contributed by atoms with E-state index in [9.17, 15) is 41.0 Å². The van der Waals surface area contributed by atoms with Gasteiger partial charge in [-0.05, 0) is 45.6 Å². The number of hydrogen-bond donors (Lipinski definition) is 3. The number of pyridine rings is 1. The second-order valence-electron chi connectivity index (χ2n) is 10.4. The van der Waals surface area contributed by atoms with Crippen LogP contribution < -0.4 is 10.6 Å². The number of ether oxygens (including phenoxy) is 1. The van der Waals surface area contributed by atoms with Gasteiger partial charge in [-0.2, -0.15) is 26.3 Å². The van der Waals surface area contributed by atoms with Gasteiger partial charge in [0.15, 0.2) is 6.04 Å². The van der Waals surface area contributed by atoms with E-state index in [0.717, 1.165) is 6.92 Å². The highest BCUT2D eigenvalue weighted by atomic mass is 32.1. The lowest BCUT2D eigenvalue weighted by molar-refractivity contribution is -0.138. The molecule has 2 amide bonds. The molecule has 4 atom stereocenters. The van der Waals surface area contributed by atoms with Gasteiger partial charge in [-0.3, -0.25) is 14.6 Å². The maximum absolute atomic E-state index is 14.1. The molecule has 0 radical (unpaired) electrons. The molecule has 0 aliphatic carbocycles. The van der Waals surface area contributed by atoms with Crippen molar-refractivity contribution < 1.29 is 45.8 Å². The Morgan fingerprint density at radius 1 is 1.15 bits per heavy atom. The van der Waals surface area contributed by atoms with Gasteiger partial charge in [-0.15, -0.1) is 0 Å². The number of carbonyl (C=O) groups excluding carboxylic acids is 2. The van der Waals surface area contributed by atoms with E-state index < -0.39 is 70.2 Å². The topological polar surface area (TPSA) is 116 Å². The van der Waals surface area contributed by atoms with E-state index in [4.69, 9.17) is 17.0 Å². The number of carbonyl (C=O) groups is 2. The molecule has 3 fully saturated rings. The van der Waals surface area contributed by atoms with Gasteiger partial charge in [-0.1, -0.05) is 12.2 Å². The van der Waals surface area contributed by atoms with Crippen molar-refractivity contribution >= 4 is 40.4 Å². The Kier molecular flexibility index (Phi) is 8.95. The van der Waals surface area contributed by atoms with Gasteiger partial charge in [0.2, 0.25) is 0 Å². The molecule has 1 aromatic heterocycles. The summed E-state index contributed by atoms with van der Waals surface area (Å²) in [6.07, 6.45) is -7.27. The van der Waals surface area contributed by atoms with Gasteiger partial charge >= 0.3 is 12.4 Å². The van der Waals surface area contributed by atoms with Crippen molar-refractivity contribution in [3.8, 4) is 0 Å². The summed E-state index contributed by atoms with van der Waals surface area (Å²) in [5.74, 6) is -2.14. The van der Waals surface area contributed by atoms with Crippen molar-refractivity contribution in [3.05, 3.63) is 23.4 Å². The third-order valence-electron chi connectivity index (χ3n) is 7.54. The number of rotatable bonds is 8. The summed E-state index contributed by atoms with van der Waals surface area (Å²) in [5, 5.41) is 14.3. The Bertz CT molecular complexity index is 1210. The van der Waals surface area contributed by atoms with E-state index in [1.807, 2.05) is 5.32 Å². The second kappa shape index (κ2) is 11.8. The molecule has 41 heavy (non-hydrogen) atoms. The van der Waals surface area contributed by atoms with Crippen LogP contribution in [0.1, 0.15) is 50.7 Å². The molecular weight excluding hydrogens is 580 g/mol. The number of halogens is 6. The molecule has 9 nitrogen and oxygen atoms in total. The molecule has 1 unspecified atom stereocenters. The monoisotopic (exact) mass is 609 g/mol. The Morgan fingerprint density at radius 3 is 2.27 bits per heavy atom. The number of nitrogens with zero attached hydrogens (tertiary/aromatic N) is 3. The average Bonchev–Trinajstić information content (AvgIpc) is 3.61. The van der Waals surface area contributed by atoms with Gasteiger partial charge < -0.3 is 25.4 Å². The lowest BCUT2D eigenvalue weighted by Gasteiger charge is -2.27. The molecule has 3 aliphatic rings. The smallest absolute Gasteiger partial charge is 0.388 e. The third kappa shape index (κ3) is 6.80. The first kappa shape index (κ1) is 31.1. The number of aliphatic hydroxyl groups is 1. The minimum absolute atomic E-state index is 0.00386. The minimum Gasteiger partial charge on any atom is -0.388 e. The Labute approximate surface area is 236 Å². The lowest BCUT2D eigenvalue weighted by atomic mass is 10.00. The van der Waals surface area contributed by atoms with Crippen molar-refractivity contribution in [1.29, 1.82) is 0 Å². The average molecular weight is 610 g/mol. The Balaban J connectivity index is 1.69. The van der Waals surface area contributed by atoms with Gasteiger partial charge in [0.25, 0.3) is 11.8 Å². The first-order chi connectivity index (χ1) is 19.1. The van der Waals surface area contributed by atoms with Gasteiger partial charge in [0, 0.05) is 23.8 Å². The lowest BCUT2D eigenvalue weighted by Crippen LogP contribution is -2.47. The minimum atomic E-state index is -5.07. The van der Waals surface area contributed by atoms with Crippen LogP contribution in [0.2, 0.25) is 0 Å². The highest BCUT2D eigenvalue weighted by Gasteiger charge is 2.46. The molecule has 3 aliphatic heterocycles. The number of alkyl halides is 6. The summed E-state index contributed by atoms with van der Waals surface area (Å²) in [7, 11) is 0. The largest absolute Gasteiger partial charge is 0.417 e. The van der Waals surface area contributed by atoms with Crippen LogP contribution in [0.4, 0.5) is 32.2 Å². The summed E-state index contributed by atoms with van der Waals surface area (Å²) in [5.41, 5.74) is -2.38. The summed E-state index contributed by atoms with van der Waals surface area (Å²) in [6.45, 7) is 2.02. The van der Waals surface area contributed by atoms with E-state index in [1.54, 1.807) is 4.90 Å². The zero-order valence-electron chi connectivity index (χ0n) is 22.1. The van der Waals surface area contributed by atoms with Crippen LogP contribution in [0.25, 0.3) is 0 Å². The van der Waals surface area contributed by atoms with E-state index >= 15 is 0 Å². The number of amides is 2. The molecule has 3 N–H and O–H groups in total. The highest BCUT2D eigenvalue weighted by Crippen LogP contribution is 2.39. The van der Waals surface area contributed by atoms with Gasteiger partial charge in [0.1, 0.15) is 11.9 Å². The fraction of sp³-hybridized carbons (Fsp3) is 0.640. The van der Waals surface area contributed by atoms with E-state index in [1.165, 1.54) is 6.92 Å². The zero-order valence-corrected chi connectivity index (χ0v) is 22.9. The summed E-state index contributed by atoms with van der Waals surface area (Å²) < 4.78 is 86.5. The number of thiocarbonyl (C=S) groups is 1. The van der Waals surface area contributed by atoms with Crippen LogP contribution in [-0.4, -0.2) is 93.1 Å². The van der Waals surface area contributed by atoms with E-state index in [2.05, 4.69) is 15.3 Å². The first-order valence-corrected chi connectivity index (χ1v) is 13.4. The van der Waals surface area contributed by atoms with E-state index in [0.29, 0.717) is 37.9 Å². The van der Waals surface area contributed by atoms with Crippen molar-refractivity contribution in [3.63, 3.8) is 0 Å². The molecule has 3 saturated heterocycles. The third-order valence-corrected chi connectivity index (χ3v) is 7.98. The number of hydrogen-bond acceptors (Lipinski definition) is 8. The normalized spacial score (nSPS) is 26.2. The van der Waals surface area contributed by atoms with Crippen LogP contribution >= 0.6 is 12.2 Å². The van der Waals surface area contributed by atoms with Crippen molar-refractivity contribution in [2.24, 2.45) is 4.99 Å². The van der Waals surface area contributed by atoms with Gasteiger partial charge in [-0.25, -0.2) is 4.98 Å². The zero-order chi connectivity index (χ0) is 30.3. The summed E-state index contributed by atoms with van der Waals surface area (Å²) in [6, 6.07) is -4.52. The second-order valence-corrected chi connectivity index (χ2v) is 10.8. The summed E-state index contributed by atoms with van der Waals surface area (Å²) in [4.78, 5) is 35.4. The number of anilines is 1. The standard InChI is InChI=1S/C25H29F6N5O4S/c1-11(22(38)35-17-9-40-10-18(17)37)33-20(23(39)36-13-3-4-14(36)6-5-13)21(41)15-8-32-19(7-16(15)25(29,30)31)34-12(2)24(26,27)28/h7-8,12-14,17-18,20,37H,3-6,9-10H2,1-2H3,(H,32,34)(H,35,38)/t12-,13?,14?,17+,18+,20?/m0/s1. The van der Waals surface area contributed by atoms with Crippen LogP contribution in [0.15, 0.2) is 17.3 Å². The van der Waals surface area contributed by atoms with Crippen LogP contribution in [0, 0.1) is 0 Å². The molecule has 0 aromatic carbocycles. The molecule has 226 valence electrons. The van der Waals surface area contributed by atoms with Crippen molar-refractivity contribution in [1.82, 2.24) is 15.2 Å². The first-order valence-electron chi connectivity index (χ1n) is 13.0. The fourth-order valence-corrected chi connectivity index (χ4v) is 5.58. The number of aliphatic imine (C=N–C) groups is 1.